The van der Waals surface area contributed by atoms with Crippen LogP contribution in [0.1, 0.15) is 45.7 Å². The second kappa shape index (κ2) is 5.76. The van der Waals surface area contributed by atoms with Crippen molar-refractivity contribution in [2.45, 2.75) is 53.1 Å². The number of nitrogens with zero attached hydrogens (tertiary/aromatic N) is 1. The quantitative estimate of drug-likeness (QED) is 0.512. The van der Waals surface area contributed by atoms with Crippen LogP contribution in [-0.4, -0.2) is 17.5 Å². The second-order valence-electron chi connectivity index (χ2n) is 7.07. The van der Waals surface area contributed by atoms with Crippen molar-refractivity contribution in [3.63, 3.8) is 0 Å². The van der Waals surface area contributed by atoms with Gasteiger partial charge in [-0.25, -0.2) is 5.84 Å². The number of amides is 1. The molecule has 1 aliphatic rings. The molecule has 0 aliphatic carbocycles. The summed E-state index contributed by atoms with van der Waals surface area (Å²) < 4.78 is 0. The molecule has 0 radical (unpaired) electrons. The van der Waals surface area contributed by atoms with Crippen LogP contribution >= 0.6 is 0 Å². The van der Waals surface area contributed by atoms with E-state index in [1.165, 1.54) is 16.7 Å². The number of nitrogens with two attached hydrogens (primary N) is 1. The fourth-order valence-corrected chi connectivity index (χ4v) is 3.47. The average molecular weight is 301 g/mol. The molecule has 1 aromatic carbocycles. The van der Waals surface area contributed by atoms with E-state index in [2.05, 4.69) is 76.1 Å². The van der Waals surface area contributed by atoms with Crippen LogP contribution in [0.4, 0.5) is 5.69 Å². The van der Waals surface area contributed by atoms with Crippen LogP contribution in [0.25, 0.3) is 5.57 Å². The highest BCUT2D eigenvalue weighted by Gasteiger charge is 2.40. The summed E-state index contributed by atoms with van der Waals surface area (Å²) in [6, 6.07) is 6.09. The molecule has 1 amide bonds. The number of carbonyl (C=O) groups is 1. The molecule has 0 aromatic heterocycles. The first-order valence-electron chi connectivity index (χ1n) is 7.79. The average Bonchev–Trinajstić information content (AvgIpc) is 2.41. The number of benzene rings is 1. The number of fused-ring (bicyclic) bond motifs is 1. The Kier molecular flexibility index (Phi) is 4.34. The summed E-state index contributed by atoms with van der Waals surface area (Å²) in [5, 5.41) is 0. The molecule has 0 fully saturated rings. The van der Waals surface area contributed by atoms with Gasteiger partial charge in [0.15, 0.2) is 0 Å². The Hall–Kier alpha value is -1.81. The molecule has 4 nitrogen and oxygen atoms in total. The molecule has 0 spiro atoms. The number of allylic oxidation sites excluding steroid dienone is 1. The number of hydrogen-bond donors (Lipinski definition) is 2. The fraction of sp³-hybridized carbons (Fsp3) is 0.500. The molecule has 0 saturated carbocycles. The van der Waals surface area contributed by atoms with Crippen LogP contribution in [0.15, 0.2) is 24.3 Å². The van der Waals surface area contributed by atoms with Gasteiger partial charge in [-0.3, -0.25) is 10.2 Å². The normalized spacial score (nSPS) is 17.8. The van der Waals surface area contributed by atoms with E-state index in [-0.39, 0.29) is 23.4 Å². The zero-order valence-corrected chi connectivity index (χ0v) is 14.4. The van der Waals surface area contributed by atoms with Gasteiger partial charge in [0.05, 0.1) is 5.54 Å². The molecule has 1 unspecified atom stereocenters. The lowest BCUT2D eigenvalue weighted by Gasteiger charge is -2.48. The van der Waals surface area contributed by atoms with Gasteiger partial charge in [-0.2, -0.15) is 0 Å². The predicted molar refractivity (Wildman–Crippen MR) is 92.3 cm³/mol. The Balaban J connectivity index is 2.67. The highest BCUT2D eigenvalue weighted by molar-refractivity contribution is 5.90. The summed E-state index contributed by atoms with van der Waals surface area (Å²) in [6.07, 6.45) is 2.23. The van der Waals surface area contributed by atoms with Gasteiger partial charge in [0.2, 0.25) is 0 Å². The molecule has 1 aliphatic heterocycles. The smallest absolute Gasteiger partial charge is 0.256 e. The molecule has 4 heteroatoms. The standard InChI is InChI=1S/C18H27N3O/c1-11(2)16(17(22)20-19)21-15-9-12(3)7-8-14(15)13(4)10-18(21,5)6/h7-11,16H,19H2,1-6H3,(H,20,22). The van der Waals surface area contributed by atoms with E-state index >= 15 is 0 Å². The zero-order valence-electron chi connectivity index (χ0n) is 14.4. The lowest BCUT2D eigenvalue weighted by molar-refractivity contribution is -0.123. The third-order valence-electron chi connectivity index (χ3n) is 4.35. The van der Waals surface area contributed by atoms with E-state index in [4.69, 9.17) is 5.84 Å². The predicted octanol–water partition coefficient (Wildman–Crippen LogP) is 3.01. The van der Waals surface area contributed by atoms with Gasteiger partial charge < -0.3 is 4.90 Å². The molecule has 120 valence electrons. The molecular formula is C18H27N3O. The van der Waals surface area contributed by atoms with Crippen molar-refractivity contribution < 1.29 is 4.79 Å². The van der Waals surface area contributed by atoms with Gasteiger partial charge in [0.25, 0.3) is 5.91 Å². The zero-order chi connectivity index (χ0) is 16.7. The van der Waals surface area contributed by atoms with Crippen LogP contribution in [0.3, 0.4) is 0 Å². The lowest BCUT2D eigenvalue weighted by atomic mass is 9.84. The van der Waals surface area contributed by atoms with Gasteiger partial charge in [0, 0.05) is 11.3 Å². The van der Waals surface area contributed by atoms with Crippen molar-refractivity contribution in [3.8, 4) is 0 Å². The SMILES string of the molecule is CC1=CC(C)(C)N(C(C(=O)NN)C(C)C)c2cc(C)ccc21. The maximum Gasteiger partial charge on any atom is 0.256 e. The van der Waals surface area contributed by atoms with Crippen molar-refractivity contribution in [2.24, 2.45) is 11.8 Å². The van der Waals surface area contributed by atoms with Crippen molar-refractivity contribution in [3.05, 3.63) is 35.4 Å². The van der Waals surface area contributed by atoms with Crippen LogP contribution in [0.2, 0.25) is 0 Å². The second-order valence-corrected chi connectivity index (χ2v) is 7.07. The van der Waals surface area contributed by atoms with E-state index in [1.807, 2.05) is 0 Å². The lowest BCUT2D eigenvalue weighted by Crippen LogP contribution is -2.59. The Bertz CT molecular complexity index is 617. The molecule has 22 heavy (non-hydrogen) atoms. The van der Waals surface area contributed by atoms with Crippen LogP contribution in [0.5, 0.6) is 0 Å². The minimum atomic E-state index is -0.315. The summed E-state index contributed by atoms with van der Waals surface area (Å²) in [7, 11) is 0. The minimum absolute atomic E-state index is 0.142. The highest BCUT2D eigenvalue weighted by atomic mass is 16.2. The number of carbonyl (C=O) groups excluding carboxylic acids is 1. The molecular weight excluding hydrogens is 274 g/mol. The summed E-state index contributed by atoms with van der Waals surface area (Å²) in [5.74, 6) is 5.43. The molecule has 3 N–H and O–H groups in total. The Morgan fingerprint density at radius 3 is 2.45 bits per heavy atom. The monoisotopic (exact) mass is 301 g/mol. The first kappa shape index (κ1) is 16.6. The largest absolute Gasteiger partial charge is 0.350 e. The van der Waals surface area contributed by atoms with E-state index < -0.39 is 0 Å². The molecule has 1 atom stereocenters. The minimum Gasteiger partial charge on any atom is -0.350 e. The first-order valence-corrected chi connectivity index (χ1v) is 7.79. The third kappa shape index (κ3) is 2.75. The summed E-state index contributed by atoms with van der Waals surface area (Å²) in [5.41, 5.74) is 6.79. The molecule has 0 bridgehead atoms. The topological polar surface area (TPSA) is 58.4 Å². The first-order chi connectivity index (χ1) is 10.2. The van der Waals surface area contributed by atoms with Crippen LogP contribution in [0, 0.1) is 12.8 Å². The third-order valence-corrected chi connectivity index (χ3v) is 4.35. The Morgan fingerprint density at radius 1 is 1.27 bits per heavy atom. The Labute approximate surface area is 133 Å². The van der Waals surface area contributed by atoms with Gasteiger partial charge in [0.1, 0.15) is 6.04 Å². The van der Waals surface area contributed by atoms with Crippen molar-refractivity contribution >= 4 is 17.2 Å². The van der Waals surface area contributed by atoms with E-state index in [0.717, 1.165) is 5.69 Å². The maximum absolute atomic E-state index is 12.4. The van der Waals surface area contributed by atoms with Gasteiger partial charge in [-0.1, -0.05) is 32.1 Å². The number of hydrogen-bond acceptors (Lipinski definition) is 3. The molecule has 1 aromatic rings. The number of nitrogens with one attached hydrogen (secondary N) is 1. The number of hydrazine groups is 1. The number of rotatable bonds is 3. The van der Waals surface area contributed by atoms with Gasteiger partial charge in [-0.05, 0) is 50.8 Å². The van der Waals surface area contributed by atoms with Crippen LogP contribution < -0.4 is 16.2 Å². The Morgan fingerprint density at radius 2 is 1.91 bits per heavy atom. The summed E-state index contributed by atoms with van der Waals surface area (Å²) in [4.78, 5) is 14.6. The van der Waals surface area contributed by atoms with E-state index in [9.17, 15) is 4.79 Å². The number of aryl methyl sites for hydroxylation is 1. The van der Waals surface area contributed by atoms with Crippen molar-refractivity contribution in [1.29, 1.82) is 0 Å². The molecule has 2 rings (SSSR count). The van der Waals surface area contributed by atoms with Gasteiger partial charge in [-0.15, -0.1) is 0 Å². The highest BCUT2D eigenvalue weighted by Crippen LogP contribution is 2.41. The fourth-order valence-electron chi connectivity index (χ4n) is 3.47. The molecule has 1 heterocycles. The van der Waals surface area contributed by atoms with E-state index in [0.29, 0.717) is 0 Å². The molecule has 0 saturated heterocycles. The summed E-state index contributed by atoms with van der Waals surface area (Å²) >= 11 is 0. The van der Waals surface area contributed by atoms with Gasteiger partial charge >= 0.3 is 0 Å². The van der Waals surface area contributed by atoms with E-state index in [1.54, 1.807) is 0 Å². The van der Waals surface area contributed by atoms with Crippen LogP contribution in [-0.2, 0) is 4.79 Å². The maximum atomic E-state index is 12.4. The van der Waals surface area contributed by atoms with Crippen molar-refractivity contribution in [1.82, 2.24) is 5.43 Å². The summed E-state index contributed by atoms with van der Waals surface area (Å²) in [6.45, 7) is 12.6. The number of anilines is 1. The van der Waals surface area contributed by atoms with Crippen molar-refractivity contribution in [2.75, 3.05) is 4.90 Å².